The summed E-state index contributed by atoms with van der Waals surface area (Å²) in [5.41, 5.74) is 2.59. The average molecular weight is 885 g/mol. The molecular weight excluding hydrogens is 785 g/mol. The minimum atomic E-state index is -0.540. The Hall–Kier alpha value is -2.44. The number of hydroxylamine groups is 1. The SMILES string of the molecule is CCCCCCCCCOC(=O)CCCCCCCN(CCCCCCCC(=O)OC(CCCCCCCC)CCCCCCCC)CCCN=C(NOOC(C)=O)N(C)C.O. The molecule has 62 heavy (non-hydrogen) atoms. The van der Waals surface area contributed by atoms with E-state index in [1.807, 2.05) is 14.1 Å². The highest BCUT2D eigenvalue weighted by molar-refractivity contribution is 5.78. The molecule has 0 aliphatic rings. The van der Waals surface area contributed by atoms with Crippen LogP contribution in [-0.2, 0) is 33.7 Å². The predicted molar refractivity (Wildman–Crippen MR) is 257 cm³/mol. The molecule has 0 aromatic carbocycles. The lowest BCUT2D eigenvalue weighted by atomic mass is 10.0. The van der Waals surface area contributed by atoms with Gasteiger partial charge in [-0.15, -0.1) is 0 Å². The number of hydrogen-bond donors (Lipinski definition) is 1. The summed E-state index contributed by atoms with van der Waals surface area (Å²) in [6.07, 6.45) is 38.6. The molecule has 0 unspecified atom stereocenters. The van der Waals surface area contributed by atoms with E-state index in [9.17, 15) is 14.4 Å². The van der Waals surface area contributed by atoms with Crippen molar-refractivity contribution < 1.29 is 39.2 Å². The van der Waals surface area contributed by atoms with Crippen molar-refractivity contribution in [3.05, 3.63) is 0 Å². The largest absolute Gasteiger partial charge is 0.466 e. The fourth-order valence-electron chi connectivity index (χ4n) is 7.60. The maximum atomic E-state index is 12.9. The van der Waals surface area contributed by atoms with E-state index in [0.29, 0.717) is 32.0 Å². The highest BCUT2D eigenvalue weighted by atomic mass is 17.3. The molecule has 0 atom stereocenters. The zero-order chi connectivity index (χ0) is 44.9. The van der Waals surface area contributed by atoms with E-state index in [4.69, 9.17) is 14.5 Å². The number of carbonyl (C=O) groups excluding carboxylic acids is 3. The second kappa shape index (κ2) is 48.0. The second-order valence-corrected chi connectivity index (χ2v) is 17.7. The molecule has 0 saturated carbocycles. The van der Waals surface area contributed by atoms with E-state index >= 15 is 0 Å². The molecule has 0 fully saturated rings. The lowest BCUT2D eigenvalue weighted by Gasteiger charge is -2.22. The number of aliphatic imine (C=N–C) groups is 1. The number of nitrogens with one attached hydrogen (secondary N) is 1. The Balaban J connectivity index is 0. The zero-order valence-corrected chi connectivity index (χ0v) is 41.4. The Morgan fingerprint density at radius 2 is 0.952 bits per heavy atom. The first kappa shape index (κ1) is 61.6. The molecule has 0 amide bonds. The average Bonchev–Trinajstić information content (AvgIpc) is 3.23. The van der Waals surface area contributed by atoms with Crippen LogP contribution in [0.2, 0.25) is 0 Å². The van der Waals surface area contributed by atoms with Gasteiger partial charge in [0.15, 0.2) is 0 Å². The normalized spacial score (nSPS) is 11.5. The van der Waals surface area contributed by atoms with Crippen molar-refractivity contribution in [2.45, 2.75) is 252 Å². The Morgan fingerprint density at radius 1 is 0.532 bits per heavy atom. The van der Waals surface area contributed by atoms with Gasteiger partial charge in [0.05, 0.1) is 6.61 Å². The van der Waals surface area contributed by atoms with E-state index in [1.54, 1.807) is 4.90 Å². The molecule has 0 aliphatic heterocycles. The van der Waals surface area contributed by atoms with Crippen LogP contribution in [0, 0.1) is 0 Å². The van der Waals surface area contributed by atoms with Gasteiger partial charge >= 0.3 is 17.9 Å². The summed E-state index contributed by atoms with van der Waals surface area (Å²) in [7, 11) is 3.70. The number of ether oxygens (including phenoxy) is 2. The van der Waals surface area contributed by atoms with Gasteiger partial charge in [0.1, 0.15) is 6.10 Å². The van der Waals surface area contributed by atoms with Crippen LogP contribution < -0.4 is 5.48 Å². The van der Waals surface area contributed by atoms with Gasteiger partial charge in [-0.2, -0.15) is 5.48 Å². The Bertz CT molecular complexity index is 1010. The lowest BCUT2D eigenvalue weighted by molar-refractivity contribution is -0.294. The smallest absolute Gasteiger partial charge is 0.342 e. The predicted octanol–water partition coefficient (Wildman–Crippen LogP) is 12.2. The number of guanidine groups is 1. The van der Waals surface area contributed by atoms with Gasteiger partial charge < -0.3 is 24.7 Å². The quantitative estimate of drug-likeness (QED) is 0.0156. The molecule has 12 nitrogen and oxygen atoms in total. The number of hydrogen-bond acceptors (Lipinski definition) is 9. The fourth-order valence-corrected chi connectivity index (χ4v) is 7.60. The van der Waals surface area contributed by atoms with Crippen LogP contribution in [-0.4, -0.2) is 92.1 Å². The van der Waals surface area contributed by atoms with E-state index in [0.717, 1.165) is 116 Å². The molecule has 0 spiro atoms. The van der Waals surface area contributed by atoms with E-state index in [2.05, 4.69) is 41.0 Å². The van der Waals surface area contributed by atoms with Crippen LogP contribution >= 0.6 is 0 Å². The summed E-state index contributed by atoms with van der Waals surface area (Å²) in [4.78, 5) is 54.4. The topological polar surface area (TPSA) is 150 Å². The number of carbonyl (C=O) groups is 3. The van der Waals surface area contributed by atoms with Gasteiger partial charge in [-0.05, 0) is 83.8 Å². The maximum Gasteiger partial charge on any atom is 0.342 e. The molecule has 3 N–H and O–H groups in total. The number of rotatable bonds is 45. The molecule has 0 aliphatic carbocycles. The minimum absolute atomic E-state index is 0. The van der Waals surface area contributed by atoms with Crippen LogP contribution in [0.15, 0.2) is 4.99 Å². The van der Waals surface area contributed by atoms with Crippen molar-refractivity contribution in [3.8, 4) is 0 Å². The van der Waals surface area contributed by atoms with Gasteiger partial charge in [-0.3, -0.25) is 19.5 Å². The monoisotopic (exact) mass is 885 g/mol. The molecule has 0 bridgehead atoms. The zero-order valence-electron chi connectivity index (χ0n) is 41.4. The minimum Gasteiger partial charge on any atom is -0.466 e. The van der Waals surface area contributed by atoms with Crippen LogP contribution in [0.3, 0.4) is 0 Å². The molecule has 12 heteroatoms. The second-order valence-electron chi connectivity index (χ2n) is 17.7. The first-order chi connectivity index (χ1) is 29.7. The maximum absolute atomic E-state index is 12.9. The van der Waals surface area contributed by atoms with Crippen LogP contribution in [0.25, 0.3) is 0 Å². The van der Waals surface area contributed by atoms with Crippen molar-refractivity contribution in [1.29, 1.82) is 0 Å². The van der Waals surface area contributed by atoms with Crippen LogP contribution in [0.5, 0.6) is 0 Å². The molecule has 0 heterocycles. The van der Waals surface area contributed by atoms with Crippen molar-refractivity contribution in [2.24, 2.45) is 4.99 Å². The molecular formula is C50H100N4O8. The summed E-state index contributed by atoms with van der Waals surface area (Å²) >= 11 is 0. The van der Waals surface area contributed by atoms with E-state index < -0.39 is 5.97 Å². The lowest BCUT2D eigenvalue weighted by Crippen LogP contribution is -2.37. The summed E-state index contributed by atoms with van der Waals surface area (Å²) in [6, 6.07) is 0. The molecule has 0 aromatic heterocycles. The first-order valence-corrected chi connectivity index (χ1v) is 25.6. The van der Waals surface area contributed by atoms with Gasteiger partial charge in [0, 0.05) is 40.4 Å². The third-order valence-corrected chi connectivity index (χ3v) is 11.4. The van der Waals surface area contributed by atoms with E-state index in [1.165, 1.54) is 116 Å². The highest BCUT2D eigenvalue weighted by Gasteiger charge is 2.15. The standard InChI is InChI=1S/C50H98N4O7.H2O/c1-7-10-13-16-19-28-35-45-58-48(56)39-31-24-20-26-33-42-54(44-36-41-51-50(53(5)6)52-61-60-46(4)55)43-34-27-21-25-32-40-49(57)59-47(37-29-22-17-14-11-8-2)38-30-23-18-15-12-9-3;/h47H,7-45H2,1-6H3,(H,51,52);1H2. The van der Waals surface area contributed by atoms with E-state index in [-0.39, 0.29) is 23.5 Å². The van der Waals surface area contributed by atoms with Gasteiger partial charge in [-0.1, -0.05) is 167 Å². The number of nitrogens with zero attached hydrogens (tertiary/aromatic N) is 3. The summed E-state index contributed by atoms with van der Waals surface area (Å²) in [5, 5.41) is 0. The fraction of sp³-hybridized carbons (Fsp3) is 0.920. The highest BCUT2D eigenvalue weighted by Crippen LogP contribution is 2.19. The molecule has 368 valence electrons. The van der Waals surface area contributed by atoms with Crippen LogP contribution in [0.4, 0.5) is 0 Å². The third-order valence-electron chi connectivity index (χ3n) is 11.4. The van der Waals surface area contributed by atoms with Gasteiger partial charge in [-0.25, -0.2) is 4.79 Å². The van der Waals surface area contributed by atoms with Crippen molar-refractivity contribution in [1.82, 2.24) is 15.3 Å². The Morgan fingerprint density at radius 3 is 1.44 bits per heavy atom. The summed E-state index contributed by atoms with van der Waals surface area (Å²) in [5.74, 6) is -0.0946. The van der Waals surface area contributed by atoms with Crippen molar-refractivity contribution >= 4 is 23.9 Å². The van der Waals surface area contributed by atoms with Gasteiger partial charge in [0.25, 0.3) is 0 Å². The summed E-state index contributed by atoms with van der Waals surface area (Å²) in [6.45, 7) is 12.2. The van der Waals surface area contributed by atoms with Crippen molar-refractivity contribution in [2.75, 3.05) is 46.9 Å². The Kier molecular flexibility index (Phi) is 47.8. The first-order valence-electron chi connectivity index (χ1n) is 25.6. The Labute approximate surface area is 381 Å². The molecule has 0 radical (unpaired) electrons. The third kappa shape index (κ3) is 44.2. The van der Waals surface area contributed by atoms with Crippen LogP contribution in [0.1, 0.15) is 246 Å². The number of esters is 2. The van der Waals surface area contributed by atoms with Crippen molar-refractivity contribution in [3.63, 3.8) is 0 Å². The molecule has 0 saturated heterocycles. The van der Waals surface area contributed by atoms with Gasteiger partial charge in [0.2, 0.25) is 5.96 Å². The summed E-state index contributed by atoms with van der Waals surface area (Å²) < 4.78 is 11.5. The molecule has 0 rings (SSSR count). The number of unbranched alkanes of at least 4 members (excludes halogenated alkanes) is 24. The molecule has 0 aromatic rings.